The van der Waals surface area contributed by atoms with E-state index in [2.05, 4.69) is 33.7 Å². The summed E-state index contributed by atoms with van der Waals surface area (Å²) in [7, 11) is 0. The van der Waals surface area contributed by atoms with Gasteiger partial charge in [-0.2, -0.15) is 5.10 Å². The lowest BCUT2D eigenvalue weighted by atomic mass is 9.92. The van der Waals surface area contributed by atoms with Gasteiger partial charge in [0.05, 0.1) is 29.5 Å². The van der Waals surface area contributed by atoms with Gasteiger partial charge in [0.25, 0.3) is 0 Å². The Morgan fingerprint density at radius 1 is 1.33 bits per heavy atom. The second-order valence-corrected chi connectivity index (χ2v) is 9.08. The molecule has 1 amide bonds. The minimum Gasteiger partial charge on any atom is -0.355 e. The molecule has 0 N–H and O–H groups in total. The first-order valence-electron chi connectivity index (χ1n) is 10.4. The molecule has 0 unspecified atom stereocenters. The second kappa shape index (κ2) is 8.29. The normalized spacial score (nSPS) is 18.0. The highest BCUT2D eigenvalue weighted by molar-refractivity contribution is 7.09. The van der Waals surface area contributed by atoms with E-state index in [1.54, 1.807) is 0 Å². The van der Waals surface area contributed by atoms with Gasteiger partial charge in [-0.05, 0) is 57.6 Å². The predicted octanol–water partition coefficient (Wildman–Crippen LogP) is 3.67. The van der Waals surface area contributed by atoms with Gasteiger partial charge in [0.2, 0.25) is 5.91 Å². The number of rotatable bonds is 5. The Morgan fingerprint density at radius 2 is 2.13 bits per heavy atom. The standard InChI is InChI=1S/C21H28N6O2S/c1-12(10-27-16(5)14(3)15(4)23-27)21(28)26-8-6-7-17(11-26)19-20(30-25-22-19)18-9-13(2)24-29-18/h9,12,17H,6-8,10-11H2,1-5H3/t12-,17+/m0/s1. The molecule has 4 rings (SSSR count). The average Bonchev–Trinajstić information content (AvgIpc) is 3.44. The van der Waals surface area contributed by atoms with Crippen molar-refractivity contribution < 1.29 is 9.32 Å². The quantitative estimate of drug-likeness (QED) is 0.616. The topological polar surface area (TPSA) is 89.9 Å². The molecular weight excluding hydrogens is 400 g/mol. The van der Waals surface area contributed by atoms with Crippen molar-refractivity contribution in [2.45, 2.75) is 59.9 Å². The van der Waals surface area contributed by atoms with Crippen LogP contribution in [0.5, 0.6) is 0 Å². The zero-order valence-electron chi connectivity index (χ0n) is 18.2. The SMILES string of the molecule is Cc1cc(-c2snnc2[C@@H]2CCCN(C(=O)[C@@H](C)Cn3nc(C)c(C)c3C)C2)on1. The number of piperidine rings is 1. The number of aryl methyl sites for hydroxylation is 2. The zero-order valence-corrected chi connectivity index (χ0v) is 19.0. The molecule has 0 aliphatic carbocycles. The summed E-state index contributed by atoms with van der Waals surface area (Å²) in [5.41, 5.74) is 5.09. The van der Waals surface area contributed by atoms with E-state index in [-0.39, 0.29) is 17.7 Å². The number of carbonyl (C=O) groups is 1. The van der Waals surface area contributed by atoms with E-state index in [0.29, 0.717) is 18.8 Å². The van der Waals surface area contributed by atoms with E-state index in [9.17, 15) is 4.79 Å². The van der Waals surface area contributed by atoms with Crippen molar-refractivity contribution in [3.63, 3.8) is 0 Å². The molecule has 4 heterocycles. The Bertz CT molecular complexity index is 1050. The molecule has 1 aliphatic heterocycles. The lowest BCUT2D eigenvalue weighted by Gasteiger charge is -2.34. The van der Waals surface area contributed by atoms with Gasteiger partial charge in [-0.25, -0.2) is 0 Å². The van der Waals surface area contributed by atoms with Crippen LogP contribution in [0.2, 0.25) is 0 Å². The van der Waals surface area contributed by atoms with Crippen LogP contribution in [-0.4, -0.2) is 48.4 Å². The molecule has 3 aromatic heterocycles. The van der Waals surface area contributed by atoms with E-state index in [1.807, 2.05) is 36.4 Å². The van der Waals surface area contributed by atoms with E-state index < -0.39 is 0 Å². The summed E-state index contributed by atoms with van der Waals surface area (Å²) in [4.78, 5) is 16.1. The lowest BCUT2D eigenvalue weighted by Crippen LogP contribution is -2.43. The fraction of sp³-hybridized carbons (Fsp3) is 0.571. The monoisotopic (exact) mass is 428 g/mol. The van der Waals surface area contributed by atoms with Crippen molar-refractivity contribution in [1.29, 1.82) is 0 Å². The molecule has 0 spiro atoms. The number of aromatic nitrogens is 5. The molecule has 0 bridgehead atoms. The van der Waals surface area contributed by atoms with E-state index in [4.69, 9.17) is 4.52 Å². The largest absolute Gasteiger partial charge is 0.355 e. The van der Waals surface area contributed by atoms with Crippen molar-refractivity contribution in [2.75, 3.05) is 13.1 Å². The molecule has 30 heavy (non-hydrogen) atoms. The van der Waals surface area contributed by atoms with Gasteiger partial charge >= 0.3 is 0 Å². The first-order valence-corrected chi connectivity index (χ1v) is 11.2. The van der Waals surface area contributed by atoms with Crippen LogP contribution in [0.25, 0.3) is 10.6 Å². The summed E-state index contributed by atoms with van der Waals surface area (Å²) in [6.45, 7) is 12.1. The predicted molar refractivity (Wildman–Crippen MR) is 114 cm³/mol. The van der Waals surface area contributed by atoms with Gasteiger partial charge in [-0.15, -0.1) is 5.10 Å². The number of nitrogens with zero attached hydrogens (tertiary/aromatic N) is 6. The van der Waals surface area contributed by atoms with Crippen LogP contribution < -0.4 is 0 Å². The van der Waals surface area contributed by atoms with Crippen LogP contribution in [0, 0.1) is 33.6 Å². The van der Waals surface area contributed by atoms with Crippen molar-refractivity contribution in [1.82, 2.24) is 29.4 Å². The van der Waals surface area contributed by atoms with Gasteiger partial charge in [0, 0.05) is 30.8 Å². The maximum Gasteiger partial charge on any atom is 0.227 e. The summed E-state index contributed by atoms with van der Waals surface area (Å²) in [5.74, 6) is 0.899. The van der Waals surface area contributed by atoms with E-state index in [1.165, 1.54) is 17.1 Å². The molecule has 0 saturated carbocycles. The third kappa shape index (κ3) is 3.90. The van der Waals surface area contributed by atoms with Crippen molar-refractivity contribution in [3.05, 3.63) is 34.4 Å². The van der Waals surface area contributed by atoms with E-state index >= 15 is 0 Å². The van der Waals surface area contributed by atoms with Crippen LogP contribution in [0.1, 0.15) is 54.0 Å². The molecule has 8 nitrogen and oxygen atoms in total. The molecule has 160 valence electrons. The average molecular weight is 429 g/mol. The number of hydrogen-bond donors (Lipinski definition) is 0. The molecule has 0 aromatic carbocycles. The van der Waals surface area contributed by atoms with Gasteiger partial charge in [0.1, 0.15) is 4.88 Å². The molecule has 3 aromatic rings. The summed E-state index contributed by atoms with van der Waals surface area (Å²) in [6.07, 6.45) is 1.94. The summed E-state index contributed by atoms with van der Waals surface area (Å²) >= 11 is 1.32. The van der Waals surface area contributed by atoms with Crippen LogP contribution in [0.3, 0.4) is 0 Å². The van der Waals surface area contributed by atoms with Crippen LogP contribution in [-0.2, 0) is 11.3 Å². The maximum absolute atomic E-state index is 13.2. The second-order valence-electron chi connectivity index (χ2n) is 8.32. The molecule has 2 atom stereocenters. The highest BCUT2D eigenvalue weighted by atomic mass is 32.1. The number of hydrogen-bond acceptors (Lipinski definition) is 7. The molecule has 1 fully saturated rings. The molecule has 9 heteroatoms. The Balaban J connectivity index is 1.47. The minimum absolute atomic E-state index is 0.133. The Labute approximate surface area is 180 Å². The third-order valence-electron chi connectivity index (χ3n) is 6.10. The molecular formula is C21H28N6O2S. The maximum atomic E-state index is 13.2. The fourth-order valence-corrected chi connectivity index (χ4v) is 4.82. The third-order valence-corrected chi connectivity index (χ3v) is 6.85. The number of amides is 1. The van der Waals surface area contributed by atoms with Gasteiger partial charge in [-0.1, -0.05) is 16.6 Å². The van der Waals surface area contributed by atoms with Crippen LogP contribution in [0.4, 0.5) is 0 Å². The molecule has 0 radical (unpaired) electrons. The van der Waals surface area contributed by atoms with E-state index in [0.717, 1.165) is 47.0 Å². The summed E-state index contributed by atoms with van der Waals surface area (Å²) < 4.78 is 11.5. The lowest BCUT2D eigenvalue weighted by molar-refractivity contribution is -0.136. The first kappa shape index (κ1) is 20.7. The summed E-state index contributed by atoms with van der Waals surface area (Å²) in [6, 6.07) is 1.91. The zero-order chi connectivity index (χ0) is 21.4. The highest BCUT2D eigenvalue weighted by Gasteiger charge is 2.31. The van der Waals surface area contributed by atoms with Gasteiger partial charge in [-0.3, -0.25) is 9.48 Å². The Hall–Kier alpha value is -2.55. The Kier molecular flexibility index (Phi) is 5.73. The molecule has 1 saturated heterocycles. The highest BCUT2D eigenvalue weighted by Crippen LogP contribution is 2.35. The fourth-order valence-electron chi connectivity index (χ4n) is 4.12. The smallest absolute Gasteiger partial charge is 0.227 e. The minimum atomic E-state index is -0.133. The van der Waals surface area contributed by atoms with Crippen molar-refractivity contribution >= 4 is 17.4 Å². The van der Waals surface area contributed by atoms with Crippen molar-refractivity contribution in [3.8, 4) is 10.6 Å². The summed E-state index contributed by atoms with van der Waals surface area (Å²) in [5, 5.41) is 13.0. The van der Waals surface area contributed by atoms with Gasteiger partial charge < -0.3 is 9.42 Å². The first-order chi connectivity index (χ1) is 14.3. The Morgan fingerprint density at radius 3 is 2.80 bits per heavy atom. The number of likely N-dealkylation sites (tertiary alicyclic amines) is 1. The number of carbonyl (C=O) groups excluding carboxylic acids is 1. The van der Waals surface area contributed by atoms with Crippen molar-refractivity contribution in [2.24, 2.45) is 5.92 Å². The van der Waals surface area contributed by atoms with Crippen LogP contribution >= 0.6 is 11.5 Å². The molecule has 1 aliphatic rings. The van der Waals surface area contributed by atoms with Gasteiger partial charge in [0.15, 0.2) is 5.76 Å². The van der Waals surface area contributed by atoms with Crippen LogP contribution in [0.15, 0.2) is 10.6 Å².